The fourth-order valence-electron chi connectivity index (χ4n) is 1.89. The molecule has 0 N–H and O–H groups in total. The Morgan fingerprint density at radius 1 is 1.11 bits per heavy atom. The summed E-state index contributed by atoms with van der Waals surface area (Å²) in [6.45, 7) is 4.18. The van der Waals surface area contributed by atoms with Crippen molar-refractivity contribution >= 4 is 17.1 Å². The molecule has 28 heavy (non-hydrogen) atoms. The van der Waals surface area contributed by atoms with Crippen molar-refractivity contribution < 1.29 is 40.4 Å². The molecule has 0 amide bonds. The molecule has 0 radical (unpaired) electrons. The third-order valence-electron chi connectivity index (χ3n) is 3.27. The van der Waals surface area contributed by atoms with Crippen molar-refractivity contribution in [2.75, 3.05) is 13.7 Å². The molecule has 0 spiro atoms. The topological polar surface area (TPSA) is 53.9 Å². The van der Waals surface area contributed by atoms with E-state index >= 15 is 0 Å². The van der Waals surface area contributed by atoms with Crippen molar-refractivity contribution in [3.8, 4) is 11.5 Å². The van der Waals surface area contributed by atoms with E-state index in [2.05, 4.69) is 4.40 Å². The normalized spacial score (nSPS) is 14.8. The van der Waals surface area contributed by atoms with Crippen LogP contribution in [0.25, 0.3) is 0 Å². The van der Waals surface area contributed by atoms with Crippen LogP contribution in [0.1, 0.15) is 39.2 Å². The molecule has 0 fully saturated rings. The van der Waals surface area contributed by atoms with Gasteiger partial charge in [-0.05, 0) is 39.3 Å². The molecular formula is C17H21F6NO3S. The molecule has 0 aliphatic heterocycles. The predicted octanol–water partition coefficient (Wildman–Crippen LogP) is 5.23. The van der Waals surface area contributed by atoms with Gasteiger partial charge in [0.15, 0.2) is 0 Å². The monoisotopic (exact) mass is 433 g/mol. The lowest BCUT2D eigenvalue weighted by molar-refractivity contribution is -0.136. The van der Waals surface area contributed by atoms with Crippen molar-refractivity contribution in [2.24, 2.45) is 4.40 Å². The van der Waals surface area contributed by atoms with E-state index in [-0.39, 0.29) is 24.5 Å². The van der Waals surface area contributed by atoms with Crippen LogP contribution >= 0.6 is 0 Å². The van der Waals surface area contributed by atoms with Gasteiger partial charge in [0, 0.05) is 12.5 Å². The minimum absolute atomic E-state index is 0.0428. The average molecular weight is 433 g/mol. The van der Waals surface area contributed by atoms with Crippen LogP contribution in [0.15, 0.2) is 22.6 Å². The standard InChI is InChI=1S/C17H21F6NO3S/c1-15(2,3)28(25)24-14(17(21,22)23)12-7-6-11(10-13(12)26-4)27-9-5-8-16(18,19)20/h6-7,10H,5,8-9H2,1-4H3/b24-14+. The van der Waals surface area contributed by atoms with Crippen LogP contribution in [-0.2, 0) is 11.4 Å². The lowest BCUT2D eigenvalue weighted by atomic mass is 10.1. The Balaban J connectivity index is 3.12. The molecule has 0 bridgehead atoms. The summed E-state index contributed by atoms with van der Waals surface area (Å²) in [5.41, 5.74) is -1.82. The van der Waals surface area contributed by atoms with Gasteiger partial charge in [-0.3, -0.25) is 0 Å². The first-order valence-electron chi connectivity index (χ1n) is 8.11. The molecule has 0 aliphatic carbocycles. The van der Waals surface area contributed by atoms with Gasteiger partial charge in [-0.15, -0.1) is 0 Å². The van der Waals surface area contributed by atoms with Crippen molar-refractivity contribution in [3.05, 3.63) is 23.8 Å². The smallest absolute Gasteiger partial charge is 0.438 e. The highest BCUT2D eigenvalue weighted by Gasteiger charge is 2.42. The van der Waals surface area contributed by atoms with E-state index in [1.165, 1.54) is 20.8 Å². The molecule has 0 saturated heterocycles. The maximum Gasteiger partial charge on any atom is 0.438 e. The Kier molecular flexibility index (Phi) is 8.07. The van der Waals surface area contributed by atoms with E-state index in [1.54, 1.807) is 0 Å². The third kappa shape index (κ3) is 7.78. The highest BCUT2D eigenvalue weighted by Crippen LogP contribution is 2.33. The lowest BCUT2D eigenvalue weighted by Crippen LogP contribution is -2.31. The molecule has 0 heterocycles. The van der Waals surface area contributed by atoms with Crippen LogP contribution in [0.4, 0.5) is 26.3 Å². The summed E-state index contributed by atoms with van der Waals surface area (Å²) in [7, 11) is 1.13. The first-order valence-corrected chi connectivity index (χ1v) is 9.21. The quantitative estimate of drug-likeness (QED) is 0.256. The van der Waals surface area contributed by atoms with E-state index in [9.17, 15) is 30.9 Å². The fourth-order valence-corrected chi connectivity index (χ4v) is 2.53. The number of alkyl halides is 6. The van der Waals surface area contributed by atoms with Gasteiger partial charge in [-0.2, -0.15) is 26.3 Å². The number of hydrogen-bond acceptors (Lipinski definition) is 4. The number of hydrogen-bond donors (Lipinski definition) is 0. The van der Waals surface area contributed by atoms with Crippen molar-refractivity contribution in [1.82, 2.24) is 0 Å². The van der Waals surface area contributed by atoms with E-state index in [1.807, 2.05) is 0 Å². The SMILES string of the molecule is COc1cc(OCCCC(F)(F)F)ccc1/C(=N\[S+]([O-])C(C)(C)C)C(F)(F)F. The summed E-state index contributed by atoms with van der Waals surface area (Å²) in [6.07, 6.45) is -10.5. The number of halogens is 6. The summed E-state index contributed by atoms with van der Waals surface area (Å²) in [4.78, 5) is 0. The molecule has 160 valence electrons. The minimum atomic E-state index is -4.90. The zero-order chi connectivity index (χ0) is 21.8. The summed E-state index contributed by atoms with van der Waals surface area (Å²) >= 11 is -2.17. The molecule has 1 aromatic carbocycles. The second kappa shape index (κ2) is 9.25. The predicted molar refractivity (Wildman–Crippen MR) is 94.3 cm³/mol. The molecule has 1 aromatic rings. The van der Waals surface area contributed by atoms with Gasteiger partial charge in [0.2, 0.25) is 5.71 Å². The fraction of sp³-hybridized carbons (Fsp3) is 0.588. The summed E-state index contributed by atoms with van der Waals surface area (Å²) < 4.78 is 101. The first-order chi connectivity index (χ1) is 12.6. The minimum Gasteiger partial charge on any atom is -0.591 e. The summed E-state index contributed by atoms with van der Waals surface area (Å²) in [6, 6.07) is 3.29. The van der Waals surface area contributed by atoms with E-state index in [0.29, 0.717) is 0 Å². The Morgan fingerprint density at radius 2 is 1.71 bits per heavy atom. The molecule has 0 aliphatic rings. The van der Waals surface area contributed by atoms with E-state index in [0.717, 1.165) is 25.3 Å². The van der Waals surface area contributed by atoms with E-state index in [4.69, 9.17) is 9.47 Å². The van der Waals surface area contributed by atoms with Gasteiger partial charge in [0.1, 0.15) is 27.6 Å². The molecule has 0 aromatic heterocycles. The zero-order valence-electron chi connectivity index (χ0n) is 15.7. The average Bonchev–Trinajstić information content (AvgIpc) is 2.53. The Bertz CT molecular complexity index is 683. The molecule has 1 rings (SSSR count). The van der Waals surface area contributed by atoms with Gasteiger partial charge in [0.05, 0.1) is 19.3 Å². The Labute approximate surface area is 162 Å². The second-order valence-electron chi connectivity index (χ2n) is 6.73. The lowest BCUT2D eigenvalue weighted by Gasteiger charge is -2.21. The van der Waals surface area contributed by atoms with Crippen molar-refractivity contribution in [3.63, 3.8) is 0 Å². The molecule has 11 heteroatoms. The second-order valence-corrected chi connectivity index (χ2v) is 8.63. The largest absolute Gasteiger partial charge is 0.591 e. The Hall–Kier alpha value is -1.62. The zero-order valence-corrected chi connectivity index (χ0v) is 16.5. The van der Waals surface area contributed by atoms with Crippen LogP contribution in [0, 0.1) is 0 Å². The van der Waals surface area contributed by atoms with E-state index < -0.39 is 46.2 Å². The van der Waals surface area contributed by atoms with Gasteiger partial charge in [-0.1, -0.05) is 4.40 Å². The number of rotatable bonds is 7. The number of benzene rings is 1. The van der Waals surface area contributed by atoms with Gasteiger partial charge < -0.3 is 14.0 Å². The number of methoxy groups -OCH3 is 1. The van der Waals surface area contributed by atoms with Crippen LogP contribution in [0.2, 0.25) is 0 Å². The molecule has 0 saturated carbocycles. The number of nitrogens with zero attached hydrogens (tertiary/aromatic N) is 1. The molecule has 1 unspecified atom stereocenters. The highest BCUT2D eigenvalue weighted by molar-refractivity contribution is 7.91. The molecule has 4 nitrogen and oxygen atoms in total. The van der Waals surface area contributed by atoms with Crippen molar-refractivity contribution in [2.45, 2.75) is 50.7 Å². The van der Waals surface area contributed by atoms with Crippen molar-refractivity contribution in [1.29, 1.82) is 0 Å². The third-order valence-corrected chi connectivity index (χ3v) is 4.66. The van der Waals surface area contributed by atoms with Gasteiger partial charge in [-0.25, -0.2) is 0 Å². The highest BCUT2D eigenvalue weighted by atomic mass is 32.2. The summed E-state index contributed by atoms with van der Waals surface area (Å²) in [5, 5.41) is 0. The molecule has 1 atom stereocenters. The molecular weight excluding hydrogens is 412 g/mol. The van der Waals surface area contributed by atoms with Gasteiger partial charge in [0.25, 0.3) is 0 Å². The first kappa shape index (κ1) is 24.4. The maximum absolute atomic E-state index is 13.5. The van der Waals surface area contributed by atoms with Crippen LogP contribution in [-0.4, -0.2) is 41.1 Å². The van der Waals surface area contributed by atoms with Gasteiger partial charge >= 0.3 is 12.4 Å². The van der Waals surface area contributed by atoms with Crippen LogP contribution in [0.5, 0.6) is 11.5 Å². The van der Waals surface area contributed by atoms with Crippen LogP contribution < -0.4 is 9.47 Å². The van der Waals surface area contributed by atoms with Crippen LogP contribution in [0.3, 0.4) is 0 Å². The summed E-state index contributed by atoms with van der Waals surface area (Å²) in [5.74, 6) is -0.212. The number of ether oxygens (including phenoxy) is 2. The maximum atomic E-state index is 13.5. The Morgan fingerprint density at radius 3 is 2.18 bits per heavy atom.